The summed E-state index contributed by atoms with van der Waals surface area (Å²) in [6.07, 6.45) is 1.74. The number of aromatic nitrogens is 3. The Labute approximate surface area is 144 Å². The quantitative estimate of drug-likeness (QED) is 0.763. The number of carbonyl (C=O) groups is 1. The van der Waals surface area contributed by atoms with Gasteiger partial charge >= 0.3 is 0 Å². The predicted octanol–water partition coefficient (Wildman–Crippen LogP) is 2.23. The molecule has 2 aromatic heterocycles. The van der Waals surface area contributed by atoms with E-state index < -0.39 is 0 Å². The number of benzene rings is 1. The number of hydrogen-bond acceptors (Lipinski definition) is 6. The molecule has 7 nitrogen and oxygen atoms in total. The molecule has 0 radical (unpaired) electrons. The van der Waals surface area contributed by atoms with Crippen LogP contribution in [0.1, 0.15) is 21.7 Å². The Kier molecular flexibility index (Phi) is 3.74. The predicted molar refractivity (Wildman–Crippen MR) is 95.0 cm³/mol. The van der Waals surface area contributed by atoms with Gasteiger partial charge in [0.15, 0.2) is 0 Å². The molecular formula is C18H16N6O. The van der Waals surface area contributed by atoms with Crippen LogP contribution in [0.25, 0.3) is 0 Å². The van der Waals surface area contributed by atoms with E-state index >= 15 is 0 Å². The second-order valence-electron chi connectivity index (χ2n) is 5.76. The summed E-state index contributed by atoms with van der Waals surface area (Å²) in [7, 11) is 0. The van der Waals surface area contributed by atoms with Gasteiger partial charge in [-0.3, -0.25) is 4.79 Å². The fourth-order valence-corrected chi connectivity index (χ4v) is 2.77. The number of pyridine rings is 1. The van der Waals surface area contributed by atoms with Crippen molar-refractivity contribution in [1.29, 1.82) is 0 Å². The Morgan fingerprint density at radius 1 is 1.04 bits per heavy atom. The highest BCUT2D eigenvalue weighted by atomic mass is 16.1. The van der Waals surface area contributed by atoms with Gasteiger partial charge in [0, 0.05) is 24.0 Å². The molecule has 0 spiro atoms. The molecule has 1 aliphatic rings. The molecule has 1 amide bonds. The van der Waals surface area contributed by atoms with E-state index in [9.17, 15) is 4.79 Å². The third-order valence-corrected chi connectivity index (χ3v) is 4.00. The van der Waals surface area contributed by atoms with E-state index in [4.69, 9.17) is 5.73 Å². The van der Waals surface area contributed by atoms with Crippen LogP contribution in [0.15, 0.2) is 54.7 Å². The van der Waals surface area contributed by atoms with Gasteiger partial charge in [-0.1, -0.05) is 24.3 Å². The number of nitrogens with two attached hydrogens (primary N) is 1. The van der Waals surface area contributed by atoms with Crippen molar-refractivity contribution in [3.8, 4) is 0 Å². The first-order chi connectivity index (χ1) is 12.2. The van der Waals surface area contributed by atoms with E-state index in [1.807, 2.05) is 47.4 Å². The Balaban J connectivity index is 1.53. The number of nitrogens with zero attached hydrogens (tertiary/aromatic N) is 4. The maximum absolute atomic E-state index is 12.4. The summed E-state index contributed by atoms with van der Waals surface area (Å²) in [5.41, 5.74) is 8.66. The number of nitrogens with one attached hydrogen (secondary N) is 1. The van der Waals surface area contributed by atoms with Gasteiger partial charge in [-0.2, -0.15) is 0 Å². The highest BCUT2D eigenvalue weighted by Gasteiger charge is 2.22. The molecule has 4 rings (SSSR count). The lowest BCUT2D eigenvalue weighted by Crippen LogP contribution is -2.19. The first kappa shape index (κ1) is 15.1. The zero-order chi connectivity index (χ0) is 17.2. The van der Waals surface area contributed by atoms with Crippen molar-refractivity contribution in [2.75, 3.05) is 16.0 Å². The molecule has 3 aromatic rings. The third kappa shape index (κ3) is 3.12. The molecule has 1 aromatic carbocycles. The molecule has 3 heterocycles. The average Bonchev–Trinajstić information content (AvgIpc) is 3.06. The molecule has 0 saturated carbocycles. The first-order valence-electron chi connectivity index (χ1n) is 7.88. The molecule has 7 heteroatoms. The zero-order valence-electron chi connectivity index (χ0n) is 13.4. The average molecular weight is 332 g/mol. The fourth-order valence-electron chi connectivity index (χ4n) is 2.77. The van der Waals surface area contributed by atoms with Crippen molar-refractivity contribution < 1.29 is 4.79 Å². The van der Waals surface area contributed by atoms with Gasteiger partial charge in [-0.05, 0) is 24.3 Å². The van der Waals surface area contributed by atoms with Crippen molar-refractivity contribution in [3.63, 3.8) is 0 Å². The van der Waals surface area contributed by atoms with Gasteiger partial charge in [-0.15, -0.1) is 0 Å². The van der Waals surface area contributed by atoms with Gasteiger partial charge in [-0.25, -0.2) is 15.0 Å². The zero-order valence-corrected chi connectivity index (χ0v) is 13.4. The van der Waals surface area contributed by atoms with E-state index in [1.54, 1.807) is 12.3 Å². The number of anilines is 3. The second-order valence-corrected chi connectivity index (χ2v) is 5.76. The highest BCUT2D eigenvalue weighted by molar-refractivity contribution is 6.03. The van der Waals surface area contributed by atoms with Gasteiger partial charge < -0.3 is 16.0 Å². The first-order valence-corrected chi connectivity index (χ1v) is 7.88. The number of carbonyl (C=O) groups excluding carboxylic acids is 1. The number of para-hydroxylation sites is 1. The van der Waals surface area contributed by atoms with Crippen molar-refractivity contribution in [2.24, 2.45) is 0 Å². The van der Waals surface area contributed by atoms with Crippen LogP contribution in [-0.2, 0) is 13.1 Å². The van der Waals surface area contributed by atoms with Crippen LogP contribution in [0.4, 0.5) is 17.5 Å². The summed E-state index contributed by atoms with van der Waals surface area (Å²) >= 11 is 0. The maximum atomic E-state index is 12.4. The van der Waals surface area contributed by atoms with E-state index in [1.165, 1.54) is 0 Å². The molecule has 3 N–H and O–H groups in total. The molecule has 0 atom stereocenters. The van der Waals surface area contributed by atoms with Gasteiger partial charge in [0.1, 0.15) is 11.5 Å². The number of fused-ring (bicyclic) bond motifs is 1. The second kappa shape index (κ2) is 6.20. The molecule has 25 heavy (non-hydrogen) atoms. The smallest absolute Gasteiger partial charge is 0.274 e. The van der Waals surface area contributed by atoms with Crippen LogP contribution < -0.4 is 16.0 Å². The molecule has 0 fully saturated rings. The van der Waals surface area contributed by atoms with Crippen molar-refractivity contribution in [3.05, 3.63) is 71.7 Å². The van der Waals surface area contributed by atoms with Crippen molar-refractivity contribution in [2.45, 2.75) is 13.1 Å². The number of rotatable bonds is 3. The Morgan fingerprint density at radius 3 is 2.72 bits per heavy atom. The summed E-state index contributed by atoms with van der Waals surface area (Å²) in [4.78, 5) is 27.2. The topological polar surface area (TPSA) is 97.0 Å². The number of hydrogen-bond donors (Lipinski definition) is 2. The SMILES string of the molecule is Nc1ncc2c(n1)CN(c1cccc(C(=O)Nc3ccccc3)n1)C2. The molecule has 0 unspecified atom stereocenters. The minimum Gasteiger partial charge on any atom is -0.368 e. The summed E-state index contributed by atoms with van der Waals surface area (Å²) in [6, 6.07) is 14.7. The van der Waals surface area contributed by atoms with Crippen molar-refractivity contribution in [1.82, 2.24) is 15.0 Å². The third-order valence-electron chi connectivity index (χ3n) is 4.00. The molecule has 0 aliphatic carbocycles. The molecule has 0 saturated heterocycles. The minimum atomic E-state index is -0.242. The minimum absolute atomic E-state index is 0.242. The summed E-state index contributed by atoms with van der Waals surface area (Å²) in [5.74, 6) is 0.746. The fraction of sp³-hybridized carbons (Fsp3) is 0.111. The van der Waals surface area contributed by atoms with Crippen molar-refractivity contribution >= 4 is 23.4 Å². The maximum Gasteiger partial charge on any atom is 0.274 e. The van der Waals surface area contributed by atoms with Crippen LogP contribution in [-0.4, -0.2) is 20.9 Å². The van der Waals surface area contributed by atoms with E-state index in [2.05, 4.69) is 20.3 Å². The Hall–Kier alpha value is -3.48. The standard InChI is InChI=1S/C18H16N6O/c19-18-20-9-12-10-24(11-15(12)23-18)16-8-4-7-14(22-16)17(25)21-13-5-2-1-3-6-13/h1-9H,10-11H2,(H,21,25)(H2,19,20,23). The van der Waals surface area contributed by atoms with E-state index in [0.29, 0.717) is 18.8 Å². The Bertz CT molecular complexity index is 928. The molecular weight excluding hydrogens is 316 g/mol. The van der Waals surface area contributed by atoms with E-state index in [0.717, 1.165) is 22.8 Å². The molecule has 1 aliphatic heterocycles. The van der Waals surface area contributed by atoms with Crippen LogP contribution in [0.2, 0.25) is 0 Å². The van der Waals surface area contributed by atoms with Gasteiger partial charge in [0.05, 0.1) is 12.2 Å². The van der Waals surface area contributed by atoms with Crippen LogP contribution >= 0.6 is 0 Å². The number of nitrogen functional groups attached to an aromatic ring is 1. The monoisotopic (exact) mass is 332 g/mol. The number of amides is 1. The van der Waals surface area contributed by atoms with Gasteiger partial charge in [0.2, 0.25) is 5.95 Å². The van der Waals surface area contributed by atoms with Crippen LogP contribution in [0.3, 0.4) is 0 Å². The summed E-state index contributed by atoms with van der Waals surface area (Å²) < 4.78 is 0. The lowest BCUT2D eigenvalue weighted by molar-refractivity contribution is 0.102. The largest absolute Gasteiger partial charge is 0.368 e. The lowest BCUT2D eigenvalue weighted by Gasteiger charge is -2.16. The van der Waals surface area contributed by atoms with E-state index in [-0.39, 0.29) is 11.9 Å². The summed E-state index contributed by atoms with van der Waals surface area (Å²) in [6.45, 7) is 1.24. The molecule has 124 valence electrons. The molecule has 0 bridgehead atoms. The van der Waals surface area contributed by atoms with Gasteiger partial charge in [0.25, 0.3) is 5.91 Å². The van der Waals surface area contributed by atoms with Crippen LogP contribution in [0.5, 0.6) is 0 Å². The van der Waals surface area contributed by atoms with Crippen LogP contribution in [0, 0.1) is 0 Å². The highest BCUT2D eigenvalue weighted by Crippen LogP contribution is 2.25. The summed E-state index contributed by atoms with van der Waals surface area (Å²) in [5, 5.41) is 2.84. The normalized spacial score (nSPS) is 12.7. The Morgan fingerprint density at radius 2 is 1.88 bits per heavy atom. The lowest BCUT2D eigenvalue weighted by atomic mass is 10.3.